The summed E-state index contributed by atoms with van der Waals surface area (Å²) in [7, 11) is 0. The molecule has 0 amide bonds. The Kier molecular flexibility index (Phi) is 2.76. The van der Waals surface area contributed by atoms with Gasteiger partial charge in [-0.15, -0.1) is 0 Å². The summed E-state index contributed by atoms with van der Waals surface area (Å²) in [4.78, 5) is 6.84. The largest absolute Gasteiger partial charge is 0.492 e. The maximum absolute atomic E-state index is 8.84. The van der Waals surface area contributed by atoms with Gasteiger partial charge < -0.3 is 22.3 Å². The van der Waals surface area contributed by atoms with E-state index in [1.165, 1.54) is 0 Å². The Morgan fingerprint density at radius 3 is 2.09 bits per heavy atom. The van der Waals surface area contributed by atoms with E-state index in [1.54, 1.807) is 0 Å². The van der Waals surface area contributed by atoms with Crippen LogP contribution in [-0.4, -0.2) is 15.1 Å². The summed E-state index contributed by atoms with van der Waals surface area (Å²) in [6.07, 6.45) is 0. The first-order valence-electron chi connectivity index (χ1n) is 2.48. The van der Waals surface area contributed by atoms with E-state index in [0.29, 0.717) is 0 Å². The fraction of sp³-hybridized carbons (Fsp3) is 0. The lowest BCUT2D eigenvalue weighted by Crippen LogP contribution is -2.03. The number of hydrogen-bond donors (Lipinski definition) is 4. The number of aromatic hydroxyl groups is 1. The normalized spacial score (nSPS) is 8.73. The zero-order valence-corrected chi connectivity index (χ0v) is 6.57. The van der Waals surface area contributed by atoms with Crippen LogP contribution in [0.25, 0.3) is 0 Å². The van der Waals surface area contributed by atoms with Gasteiger partial charge in [-0.3, -0.25) is 0 Å². The average molecular weight is 175 g/mol. The molecule has 0 aliphatic rings. The minimum atomic E-state index is -0.384. The number of nitrogens with zero attached hydrogens (tertiary/aromatic N) is 2. The van der Waals surface area contributed by atoms with Crippen molar-refractivity contribution in [3.63, 3.8) is 0 Å². The fourth-order valence-corrected chi connectivity index (χ4v) is 0.492. The Bertz CT molecular complexity index is 242. The highest BCUT2D eigenvalue weighted by atomic mass is 32.1. The highest BCUT2D eigenvalue weighted by molar-refractivity contribution is 7.59. The molecule has 0 aliphatic heterocycles. The van der Waals surface area contributed by atoms with Crippen LogP contribution in [0, 0.1) is 0 Å². The summed E-state index contributed by atoms with van der Waals surface area (Å²) in [6.45, 7) is 0. The molecule has 0 aliphatic carbocycles. The van der Waals surface area contributed by atoms with Crippen molar-refractivity contribution < 1.29 is 5.11 Å². The highest BCUT2D eigenvalue weighted by Crippen LogP contribution is 2.21. The molecule has 1 aromatic heterocycles. The summed E-state index contributed by atoms with van der Waals surface area (Å²) < 4.78 is 0. The first-order valence-corrected chi connectivity index (χ1v) is 2.48. The molecule has 0 saturated heterocycles. The van der Waals surface area contributed by atoms with Crippen LogP contribution in [0.3, 0.4) is 0 Å². The maximum atomic E-state index is 8.84. The fourth-order valence-electron chi connectivity index (χ4n) is 0.492. The minimum Gasteiger partial charge on any atom is -0.492 e. The monoisotopic (exact) mass is 175 g/mol. The minimum absolute atomic E-state index is 0. The second-order valence-electron chi connectivity index (χ2n) is 1.70. The van der Waals surface area contributed by atoms with Gasteiger partial charge in [-0.1, -0.05) is 0 Å². The van der Waals surface area contributed by atoms with Crippen LogP contribution in [0.1, 0.15) is 0 Å². The first-order chi connectivity index (χ1) is 4.61. The van der Waals surface area contributed by atoms with Gasteiger partial charge in [0, 0.05) is 0 Å². The van der Waals surface area contributed by atoms with Crippen molar-refractivity contribution in [3.05, 3.63) is 0 Å². The lowest BCUT2D eigenvalue weighted by atomic mass is 10.5. The van der Waals surface area contributed by atoms with Crippen molar-refractivity contribution in [1.29, 1.82) is 0 Å². The third-order valence-corrected chi connectivity index (χ3v) is 0.972. The molecule has 62 valence electrons. The molecular weight excluding hydrogens is 166 g/mol. The number of rotatable bonds is 0. The second-order valence-corrected chi connectivity index (χ2v) is 1.70. The van der Waals surface area contributed by atoms with Crippen molar-refractivity contribution in [2.75, 3.05) is 17.2 Å². The van der Waals surface area contributed by atoms with Crippen molar-refractivity contribution in [2.45, 2.75) is 0 Å². The Morgan fingerprint density at radius 1 is 1.09 bits per heavy atom. The molecule has 7 heteroatoms. The zero-order valence-electron chi connectivity index (χ0n) is 5.57. The molecule has 0 saturated carbocycles. The zero-order chi connectivity index (χ0) is 7.72. The maximum Gasteiger partial charge on any atom is 0.241 e. The smallest absolute Gasteiger partial charge is 0.241 e. The third-order valence-electron chi connectivity index (χ3n) is 0.972. The van der Waals surface area contributed by atoms with Crippen LogP contribution in [0.5, 0.6) is 5.88 Å². The summed E-state index contributed by atoms with van der Waals surface area (Å²) in [5.74, 6) is -0.487. The molecule has 0 aromatic carbocycles. The van der Waals surface area contributed by atoms with Gasteiger partial charge in [0.25, 0.3) is 0 Å². The van der Waals surface area contributed by atoms with Gasteiger partial charge in [0.15, 0.2) is 5.82 Å². The van der Waals surface area contributed by atoms with Gasteiger partial charge in [-0.05, 0) is 0 Å². The van der Waals surface area contributed by atoms with Crippen LogP contribution in [0.2, 0.25) is 0 Å². The van der Waals surface area contributed by atoms with E-state index in [2.05, 4.69) is 9.97 Å². The van der Waals surface area contributed by atoms with Gasteiger partial charge in [0.1, 0.15) is 5.69 Å². The molecule has 0 atom stereocenters. The summed E-state index contributed by atoms with van der Waals surface area (Å²) in [6, 6.07) is 0. The van der Waals surface area contributed by atoms with Crippen LogP contribution in [0.4, 0.5) is 17.5 Å². The molecule has 1 aromatic rings. The SMILES string of the molecule is Nc1nc(N)c(N)c(O)n1.S. The van der Waals surface area contributed by atoms with E-state index in [-0.39, 0.29) is 36.8 Å². The van der Waals surface area contributed by atoms with Gasteiger partial charge in [0.05, 0.1) is 0 Å². The van der Waals surface area contributed by atoms with Gasteiger partial charge in [-0.2, -0.15) is 23.5 Å². The van der Waals surface area contributed by atoms with Crippen LogP contribution in [0.15, 0.2) is 0 Å². The molecule has 1 rings (SSSR count). The second kappa shape index (κ2) is 3.15. The number of nitrogen functional groups attached to an aromatic ring is 3. The predicted octanol–water partition coefficient (Wildman–Crippen LogP) is -0.958. The van der Waals surface area contributed by atoms with E-state index in [1.807, 2.05) is 0 Å². The molecule has 0 bridgehead atoms. The van der Waals surface area contributed by atoms with Gasteiger partial charge in [0.2, 0.25) is 11.8 Å². The Labute approximate surface area is 69.9 Å². The molecule has 7 N–H and O–H groups in total. The Balaban J connectivity index is 0.000001000. The van der Waals surface area contributed by atoms with E-state index in [0.717, 1.165) is 0 Å². The van der Waals surface area contributed by atoms with Crippen molar-refractivity contribution in [3.8, 4) is 5.88 Å². The van der Waals surface area contributed by atoms with E-state index in [4.69, 9.17) is 22.3 Å². The quantitative estimate of drug-likeness (QED) is 0.402. The van der Waals surface area contributed by atoms with Gasteiger partial charge >= 0.3 is 0 Å². The molecule has 11 heavy (non-hydrogen) atoms. The van der Waals surface area contributed by atoms with Crippen LogP contribution >= 0.6 is 13.5 Å². The lowest BCUT2D eigenvalue weighted by Gasteiger charge is -2.00. The summed E-state index contributed by atoms with van der Waals surface area (Å²) in [5.41, 5.74) is 15.5. The molecule has 1 heterocycles. The highest BCUT2D eigenvalue weighted by Gasteiger charge is 2.04. The Morgan fingerprint density at radius 2 is 1.64 bits per heavy atom. The topological polar surface area (TPSA) is 124 Å². The average Bonchev–Trinajstić information content (AvgIpc) is 1.82. The van der Waals surface area contributed by atoms with Crippen molar-refractivity contribution in [1.82, 2.24) is 9.97 Å². The van der Waals surface area contributed by atoms with Gasteiger partial charge in [-0.25, -0.2) is 0 Å². The van der Waals surface area contributed by atoms with E-state index >= 15 is 0 Å². The molecule has 0 unspecified atom stereocenters. The molecule has 0 radical (unpaired) electrons. The van der Waals surface area contributed by atoms with Crippen molar-refractivity contribution >= 4 is 30.9 Å². The number of nitrogens with two attached hydrogens (primary N) is 3. The van der Waals surface area contributed by atoms with Crippen molar-refractivity contribution in [2.24, 2.45) is 0 Å². The molecule has 0 fully saturated rings. The number of hydrogen-bond acceptors (Lipinski definition) is 6. The predicted molar refractivity (Wildman–Crippen MR) is 47.3 cm³/mol. The molecule has 0 spiro atoms. The Hall–Kier alpha value is -1.37. The molecular formula is C4H9N5OS. The third kappa shape index (κ3) is 1.77. The summed E-state index contributed by atoms with van der Waals surface area (Å²) in [5, 5.41) is 8.84. The number of anilines is 3. The summed E-state index contributed by atoms with van der Waals surface area (Å²) >= 11 is 0. The van der Waals surface area contributed by atoms with E-state index in [9.17, 15) is 0 Å². The van der Waals surface area contributed by atoms with E-state index < -0.39 is 0 Å². The van der Waals surface area contributed by atoms with Crippen LogP contribution < -0.4 is 17.2 Å². The van der Waals surface area contributed by atoms with Crippen LogP contribution in [-0.2, 0) is 0 Å². The first kappa shape index (κ1) is 9.63. The standard InChI is InChI=1S/C4H7N5O.H2S/c5-1-2(6)8-4(7)9-3(1)10;/h5H2,(H5,6,7,8,9,10);1H2. The number of aromatic nitrogens is 2. The molecule has 6 nitrogen and oxygen atoms in total. The lowest BCUT2D eigenvalue weighted by molar-refractivity contribution is 0.456.